The van der Waals surface area contributed by atoms with Crippen molar-refractivity contribution >= 4 is 22.6 Å². The molecule has 6 heteroatoms. The van der Waals surface area contributed by atoms with Gasteiger partial charge in [-0.05, 0) is 63.7 Å². The number of pyridine rings is 1. The normalized spacial score (nSPS) is 19.6. The van der Waals surface area contributed by atoms with E-state index in [9.17, 15) is 4.79 Å². The quantitative estimate of drug-likeness (QED) is 0.792. The topological polar surface area (TPSA) is 51.0 Å². The molecule has 0 amide bonds. The molecule has 3 heterocycles. The lowest BCUT2D eigenvalue weighted by atomic mass is 10.1. The molecule has 5 nitrogen and oxygen atoms in total. The Labute approximate surface area is 141 Å². The molecule has 2 aromatic heterocycles. The highest BCUT2D eigenvalue weighted by Gasteiger charge is 2.30. The van der Waals surface area contributed by atoms with Gasteiger partial charge in [0.2, 0.25) is 5.28 Å². The molecule has 0 unspecified atom stereocenters. The van der Waals surface area contributed by atoms with E-state index >= 15 is 0 Å². The van der Waals surface area contributed by atoms with Crippen LogP contribution in [0.3, 0.4) is 0 Å². The molecule has 0 aliphatic carbocycles. The summed E-state index contributed by atoms with van der Waals surface area (Å²) in [5.74, 6) is 0.451. The van der Waals surface area contributed by atoms with Crippen molar-refractivity contribution < 1.29 is 0 Å². The molecule has 124 valence electrons. The third-order valence-corrected chi connectivity index (χ3v) is 4.88. The highest BCUT2D eigenvalue weighted by atomic mass is 35.5. The first-order chi connectivity index (χ1) is 10.8. The maximum Gasteiger partial charge on any atom is 0.252 e. The molecular formula is C17H23ClN4O. The van der Waals surface area contributed by atoms with Crippen molar-refractivity contribution in [2.24, 2.45) is 5.92 Å². The van der Waals surface area contributed by atoms with E-state index in [2.05, 4.69) is 35.6 Å². The zero-order valence-corrected chi connectivity index (χ0v) is 14.9. The van der Waals surface area contributed by atoms with Crippen molar-refractivity contribution in [2.45, 2.75) is 46.2 Å². The van der Waals surface area contributed by atoms with Gasteiger partial charge in [-0.3, -0.25) is 14.3 Å². The van der Waals surface area contributed by atoms with Crippen molar-refractivity contribution in [2.75, 3.05) is 13.1 Å². The highest BCUT2D eigenvalue weighted by molar-refractivity contribution is 6.28. The van der Waals surface area contributed by atoms with E-state index < -0.39 is 0 Å². The van der Waals surface area contributed by atoms with Crippen LogP contribution >= 0.6 is 11.6 Å². The van der Waals surface area contributed by atoms with Crippen LogP contribution in [0.25, 0.3) is 11.0 Å². The lowest BCUT2D eigenvalue weighted by molar-refractivity contribution is 0.166. The first-order valence-corrected chi connectivity index (χ1v) is 8.41. The maximum atomic E-state index is 12.5. The Balaban J connectivity index is 1.95. The number of likely N-dealkylation sites (tertiary alicyclic amines) is 1. The van der Waals surface area contributed by atoms with Crippen LogP contribution < -0.4 is 5.56 Å². The third kappa shape index (κ3) is 3.26. The van der Waals surface area contributed by atoms with Crippen molar-refractivity contribution in [3.8, 4) is 0 Å². The molecule has 0 N–H and O–H groups in total. The minimum absolute atomic E-state index is 0.0148. The predicted octanol–water partition coefficient (Wildman–Crippen LogP) is 2.87. The SMILES string of the molecule is Cc1cc(=O)n(C[C@@H]2CCN(C(C)(C)C)C2)c2nc(Cl)ncc12. The van der Waals surface area contributed by atoms with Gasteiger partial charge in [0.25, 0.3) is 5.56 Å². The van der Waals surface area contributed by atoms with E-state index in [4.69, 9.17) is 11.6 Å². The summed E-state index contributed by atoms with van der Waals surface area (Å²) in [5, 5.41) is 1.07. The Morgan fingerprint density at radius 3 is 2.78 bits per heavy atom. The average molecular weight is 335 g/mol. The minimum Gasteiger partial charge on any atom is -0.298 e. The Bertz CT molecular complexity index is 794. The smallest absolute Gasteiger partial charge is 0.252 e. The largest absolute Gasteiger partial charge is 0.298 e. The summed E-state index contributed by atoms with van der Waals surface area (Å²) in [7, 11) is 0. The van der Waals surface area contributed by atoms with Gasteiger partial charge in [-0.1, -0.05) is 0 Å². The molecule has 23 heavy (non-hydrogen) atoms. The summed E-state index contributed by atoms with van der Waals surface area (Å²) in [6.07, 6.45) is 2.80. The molecule has 1 saturated heterocycles. The van der Waals surface area contributed by atoms with Gasteiger partial charge in [0.1, 0.15) is 5.65 Å². The van der Waals surface area contributed by atoms with Gasteiger partial charge in [0.15, 0.2) is 0 Å². The molecule has 0 radical (unpaired) electrons. The predicted molar refractivity (Wildman–Crippen MR) is 93.0 cm³/mol. The van der Waals surface area contributed by atoms with Crippen LogP contribution in [0.1, 0.15) is 32.8 Å². The van der Waals surface area contributed by atoms with E-state index in [0.717, 1.165) is 30.5 Å². The molecule has 2 aromatic rings. The summed E-state index contributed by atoms with van der Waals surface area (Å²) in [6, 6.07) is 1.66. The lowest BCUT2D eigenvalue weighted by Gasteiger charge is -2.31. The van der Waals surface area contributed by atoms with Crippen molar-refractivity contribution in [3.63, 3.8) is 0 Å². The van der Waals surface area contributed by atoms with Crippen molar-refractivity contribution in [1.29, 1.82) is 0 Å². The molecule has 1 atom stereocenters. The summed E-state index contributed by atoms with van der Waals surface area (Å²) >= 11 is 5.95. The molecule has 1 aliphatic heterocycles. The second-order valence-electron chi connectivity index (χ2n) is 7.42. The van der Waals surface area contributed by atoms with Crippen LogP contribution in [0.5, 0.6) is 0 Å². The number of hydrogen-bond acceptors (Lipinski definition) is 4. The Morgan fingerprint density at radius 2 is 2.13 bits per heavy atom. The Kier molecular flexibility index (Phi) is 4.19. The molecular weight excluding hydrogens is 312 g/mol. The highest BCUT2D eigenvalue weighted by Crippen LogP contribution is 2.26. The third-order valence-electron chi connectivity index (χ3n) is 4.70. The molecule has 3 rings (SSSR count). The zero-order valence-electron chi connectivity index (χ0n) is 14.1. The number of rotatable bonds is 2. The fourth-order valence-corrected chi connectivity index (χ4v) is 3.44. The number of hydrogen-bond donors (Lipinski definition) is 0. The van der Waals surface area contributed by atoms with E-state index in [1.54, 1.807) is 16.8 Å². The fraction of sp³-hybridized carbons (Fsp3) is 0.588. The summed E-state index contributed by atoms with van der Waals surface area (Å²) in [6.45, 7) is 11.4. The van der Waals surface area contributed by atoms with E-state index in [1.165, 1.54) is 0 Å². The number of fused-ring (bicyclic) bond motifs is 1. The van der Waals surface area contributed by atoms with Gasteiger partial charge >= 0.3 is 0 Å². The van der Waals surface area contributed by atoms with Crippen LogP contribution in [-0.4, -0.2) is 38.1 Å². The van der Waals surface area contributed by atoms with Crippen LogP contribution in [0.4, 0.5) is 0 Å². The molecule has 0 bridgehead atoms. The monoisotopic (exact) mass is 334 g/mol. The van der Waals surface area contributed by atoms with Gasteiger partial charge in [-0.2, -0.15) is 4.98 Å². The van der Waals surface area contributed by atoms with Crippen LogP contribution in [0, 0.1) is 12.8 Å². The first kappa shape index (κ1) is 16.4. The van der Waals surface area contributed by atoms with Crippen LogP contribution in [0.2, 0.25) is 5.28 Å². The maximum absolute atomic E-state index is 12.5. The summed E-state index contributed by atoms with van der Waals surface area (Å²) in [4.78, 5) is 23.3. The number of nitrogens with zero attached hydrogens (tertiary/aromatic N) is 4. The van der Waals surface area contributed by atoms with Gasteiger partial charge in [0, 0.05) is 36.3 Å². The van der Waals surface area contributed by atoms with Gasteiger partial charge in [0.05, 0.1) is 0 Å². The van der Waals surface area contributed by atoms with E-state index in [0.29, 0.717) is 18.1 Å². The van der Waals surface area contributed by atoms with Crippen molar-refractivity contribution in [3.05, 3.63) is 33.5 Å². The summed E-state index contributed by atoms with van der Waals surface area (Å²) in [5.41, 5.74) is 1.68. The van der Waals surface area contributed by atoms with E-state index in [1.807, 2.05) is 6.92 Å². The average Bonchev–Trinajstić information content (AvgIpc) is 2.91. The summed E-state index contributed by atoms with van der Waals surface area (Å²) < 4.78 is 1.76. The number of halogens is 1. The van der Waals surface area contributed by atoms with E-state index in [-0.39, 0.29) is 16.4 Å². The van der Waals surface area contributed by atoms with Crippen LogP contribution in [0.15, 0.2) is 17.1 Å². The van der Waals surface area contributed by atoms with Gasteiger partial charge < -0.3 is 0 Å². The Hall–Kier alpha value is -1.46. The molecule has 0 saturated carbocycles. The fourth-order valence-electron chi connectivity index (χ4n) is 3.31. The Morgan fingerprint density at radius 1 is 1.39 bits per heavy atom. The molecule has 0 spiro atoms. The molecule has 1 aliphatic rings. The zero-order chi connectivity index (χ0) is 16.8. The van der Waals surface area contributed by atoms with Gasteiger partial charge in [-0.15, -0.1) is 0 Å². The standard InChI is InChI=1S/C17H23ClN4O/c1-11-7-14(23)22(15-13(11)8-19-16(18)20-15)10-12-5-6-21(9-12)17(2,3)4/h7-8,12H,5-6,9-10H2,1-4H3/t12-/m1/s1. The lowest BCUT2D eigenvalue weighted by Crippen LogP contribution is -2.39. The number of aryl methyl sites for hydroxylation is 1. The second-order valence-corrected chi connectivity index (χ2v) is 7.76. The van der Waals surface area contributed by atoms with Gasteiger partial charge in [-0.25, -0.2) is 4.98 Å². The van der Waals surface area contributed by atoms with Crippen molar-refractivity contribution in [1.82, 2.24) is 19.4 Å². The second kappa shape index (κ2) is 5.87. The number of aromatic nitrogens is 3. The molecule has 0 aromatic carbocycles. The minimum atomic E-state index is -0.0148. The first-order valence-electron chi connectivity index (χ1n) is 8.03. The van der Waals surface area contributed by atoms with Crippen LogP contribution in [-0.2, 0) is 6.54 Å². The molecule has 1 fully saturated rings.